The number of amides is 1. The number of halogens is 1. The topological polar surface area (TPSA) is 69.2 Å². The predicted octanol–water partition coefficient (Wildman–Crippen LogP) is 2.16. The van der Waals surface area contributed by atoms with E-state index >= 15 is 0 Å². The lowest BCUT2D eigenvalue weighted by atomic mass is 9.85. The number of carbonyl (C=O) groups is 1. The second kappa shape index (κ2) is 12.9. The SMILES string of the molecule is CCNC(=NCC1(C(=O)N(C)C)CCCC1)NCC(C(C)C)N1CCOCC1.I. The normalized spacial score (nSPS) is 20.8. The molecule has 0 aromatic rings. The van der Waals surface area contributed by atoms with Gasteiger partial charge in [-0.05, 0) is 25.7 Å². The molecule has 2 N–H and O–H groups in total. The summed E-state index contributed by atoms with van der Waals surface area (Å²) in [6.45, 7) is 12.4. The molecule has 1 aliphatic carbocycles. The van der Waals surface area contributed by atoms with Gasteiger partial charge in [0.1, 0.15) is 0 Å². The van der Waals surface area contributed by atoms with Gasteiger partial charge < -0.3 is 20.3 Å². The van der Waals surface area contributed by atoms with Crippen LogP contribution < -0.4 is 10.6 Å². The summed E-state index contributed by atoms with van der Waals surface area (Å²) in [7, 11) is 3.70. The zero-order valence-electron chi connectivity index (χ0n) is 19.0. The summed E-state index contributed by atoms with van der Waals surface area (Å²) in [5.41, 5.74) is -0.326. The number of nitrogens with zero attached hydrogens (tertiary/aromatic N) is 3. The lowest BCUT2D eigenvalue weighted by Crippen LogP contribution is -2.52. The number of guanidine groups is 1. The van der Waals surface area contributed by atoms with E-state index in [-0.39, 0.29) is 35.3 Å². The van der Waals surface area contributed by atoms with Crippen LogP contribution in [-0.2, 0) is 9.53 Å². The molecule has 1 heterocycles. The van der Waals surface area contributed by atoms with Crippen LogP contribution in [0.2, 0.25) is 0 Å². The van der Waals surface area contributed by atoms with Crippen LogP contribution >= 0.6 is 24.0 Å². The molecule has 0 aromatic heterocycles. The Morgan fingerprint density at radius 3 is 2.31 bits per heavy atom. The molecule has 2 rings (SSSR count). The van der Waals surface area contributed by atoms with Crippen LogP contribution in [0.5, 0.6) is 0 Å². The Kier molecular flexibility index (Phi) is 11.8. The molecule has 0 radical (unpaired) electrons. The number of ether oxygens (including phenoxy) is 1. The van der Waals surface area contributed by atoms with Crippen molar-refractivity contribution in [3.8, 4) is 0 Å². The first-order chi connectivity index (χ1) is 13.4. The molecule has 1 aliphatic heterocycles. The molecule has 2 fully saturated rings. The Morgan fingerprint density at radius 2 is 1.79 bits per heavy atom. The van der Waals surface area contributed by atoms with E-state index in [4.69, 9.17) is 9.73 Å². The summed E-state index contributed by atoms with van der Waals surface area (Å²) in [4.78, 5) is 21.9. The molecule has 1 saturated carbocycles. The molecular weight excluding hydrogens is 481 g/mol. The first kappa shape index (κ1) is 26.4. The van der Waals surface area contributed by atoms with Crippen molar-refractivity contribution in [1.82, 2.24) is 20.4 Å². The number of hydrogen-bond donors (Lipinski definition) is 2. The van der Waals surface area contributed by atoms with Crippen molar-refractivity contribution in [2.45, 2.75) is 52.5 Å². The maximum atomic E-state index is 12.8. The van der Waals surface area contributed by atoms with Crippen molar-refractivity contribution in [3.05, 3.63) is 0 Å². The minimum atomic E-state index is -0.326. The minimum absolute atomic E-state index is 0. The standard InChI is InChI=1S/C21H41N5O2.HI/c1-6-22-20(23-15-18(17(2)3)26-11-13-28-14-12-26)24-16-21(9-7-8-10-21)19(27)25(4)5;/h17-18H,6-16H2,1-5H3,(H2,22,23,24);1H. The lowest BCUT2D eigenvalue weighted by Gasteiger charge is -2.37. The van der Waals surface area contributed by atoms with Crippen molar-refractivity contribution < 1.29 is 9.53 Å². The zero-order valence-corrected chi connectivity index (χ0v) is 21.3. The summed E-state index contributed by atoms with van der Waals surface area (Å²) in [5.74, 6) is 1.59. The van der Waals surface area contributed by atoms with Crippen molar-refractivity contribution in [1.29, 1.82) is 0 Å². The smallest absolute Gasteiger partial charge is 0.230 e. The fourth-order valence-electron chi connectivity index (χ4n) is 4.43. The van der Waals surface area contributed by atoms with Gasteiger partial charge in [-0.2, -0.15) is 0 Å². The quantitative estimate of drug-likeness (QED) is 0.290. The summed E-state index contributed by atoms with van der Waals surface area (Å²) in [6, 6.07) is 0.441. The summed E-state index contributed by atoms with van der Waals surface area (Å²) in [5, 5.41) is 6.90. The fraction of sp³-hybridized carbons (Fsp3) is 0.905. The van der Waals surface area contributed by atoms with Gasteiger partial charge in [0.15, 0.2) is 5.96 Å². The van der Waals surface area contributed by atoms with Crippen LogP contribution in [0.3, 0.4) is 0 Å². The van der Waals surface area contributed by atoms with Gasteiger partial charge >= 0.3 is 0 Å². The molecule has 1 saturated heterocycles. The highest BCUT2D eigenvalue weighted by Gasteiger charge is 2.42. The Labute approximate surface area is 194 Å². The number of aliphatic imine (C=N–C) groups is 1. The molecule has 0 bridgehead atoms. The predicted molar refractivity (Wildman–Crippen MR) is 130 cm³/mol. The van der Waals surface area contributed by atoms with Gasteiger partial charge in [0.25, 0.3) is 0 Å². The van der Waals surface area contributed by atoms with Crippen molar-refractivity contribution in [2.75, 3.05) is 60.0 Å². The summed E-state index contributed by atoms with van der Waals surface area (Å²) >= 11 is 0. The van der Waals surface area contributed by atoms with Crippen LogP contribution in [0.4, 0.5) is 0 Å². The molecule has 1 unspecified atom stereocenters. The molecule has 0 aromatic carbocycles. The highest BCUT2D eigenvalue weighted by atomic mass is 127. The van der Waals surface area contributed by atoms with Crippen molar-refractivity contribution >= 4 is 35.8 Å². The van der Waals surface area contributed by atoms with E-state index in [1.165, 1.54) is 0 Å². The first-order valence-electron chi connectivity index (χ1n) is 11.0. The van der Waals surface area contributed by atoms with E-state index in [1.54, 1.807) is 4.90 Å². The Balaban J connectivity index is 0.00000420. The maximum Gasteiger partial charge on any atom is 0.230 e. The van der Waals surface area contributed by atoms with E-state index < -0.39 is 0 Å². The largest absolute Gasteiger partial charge is 0.379 e. The van der Waals surface area contributed by atoms with E-state index in [1.807, 2.05) is 14.1 Å². The average molecular weight is 524 g/mol. The van der Waals surface area contributed by atoms with Crippen LogP contribution in [-0.4, -0.2) is 87.7 Å². The van der Waals surface area contributed by atoms with Crippen LogP contribution in [0, 0.1) is 11.3 Å². The van der Waals surface area contributed by atoms with Crippen molar-refractivity contribution in [3.63, 3.8) is 0 Å². The number of carbonyl (C=O) groups excluding carboxylic acids is 1. The maximum absolute atomic E-state index is 12.8. The molecule has 29 heavy (non-hydrogen) atoms. The highest BCUT2D eigenvalue weighted by Crippen LogP contribution is 2.39. The zero-order chi connectivity index (χ0) is 20.6. The van der Waals surface area contributed by atoms with Gasteiger partial charge in [-0.3, -0.25) is 14.7 Å². The number of rotatable bonds is 8. The summed E-state index contributed by atoms with van der Waals surface area (Å²) < 4.78 is 5.51. The van der Waals surface area contributed by atoms with E-state index in [0.717, 1.165) is 71.0 Å². The second-order valence-electron chi connectivity index (χ2n) is 8.72. The molecular formula is C21H42IN5O2. The lowest BCUT2D eigenvalue weighted by molar-refractivity contribution is -0.138. The third kappa shape index (κ3) is 7.54. The van der Waals surface area contributed by atoms with Gasteiger partial charge in [-0.15, -0.1) is 24.0 Å². The van der Waals surface area contributed by atoms with Crippen LogP contribution in [0.25, 0.3) is 0 Å². The molecule has 8 heteroatoms. The van der Waals surface area contributed by atoms with Gasteiger partial charge in [0, 0.05) is 46.3 Å². The van der Waals surface area contributed by atoms with E-state index in [9.17, 15) is 4.79 Å². The van der Waals surface area contributed by atoms with Gasteiger partial charge in [-0.25, -0.2) is 0 Å². The molecule has 170 valence electrons. The number of hydrogen-bond acceptors (Lipinski definition) is 4. The highest BCUT2D eigenvalue weighted by molar-refractivity contribution is 14.0. The number of nitrogens with one attached hydrogen (secondary N) is 2. The number of morpholine rings is 1. The Hall–Kier alpha value is -0.610. The average Bonchev–Trinajstić information content (AvgIpc) is 3.16. The molecule has 1 atom stereocenters. The fourth-order valence-corrected chi connectivity index (χ4v) is 4.43. The van der Waals surface area contributed by atoms with Crippen LogP contribution in [0.15, 0.2) is 4.99 Å². The van der Waals surface area contributed by atoms with E-state index in [0.29, 0.717) is 18.5 Å². The van der Waals surface area contributed by atoms with E-state index in [2.05, 4.69) is 36.3 Å². The first-order valence-corrected chi connectivity index (χ1v) is 11.0. The van der Waals surface area contributed by atoms with Gasteiger partial charge in [-0.1, -0.05) is 26.7 Å². The Morgan fingerprint density at radius 1 is 1.17 bits per heavy atom. The third-order valence-electron chi connectivity index (χ3n) is 6.07. The Bertz CT molecular complexity index is 515. The molecule has 2 aliphatic rings. The van der Waals surface area contributed by atoms with Crippen molar-refractivity contribution in [2.24, 2.45) is 16.3 Å². The third-order valence-corrected chi connectivity index (χ3v) is 6.07. The molecule has 7 nitrogen and oxygen atoms in total. The minimum Gasteiger partial charge on any atom is -0.379 e. The molecule has 1 amide bonds. The van der Waals surface area contributed by atoms with Crippen LogP contribution in [0.1, 0.15) is 46.5 Å². The summed E-state index contributed by atoms with van der Waals surface area (Å²) in [6.07, 6.45) is 4.11. The van der Waals surface area contributed by atoms with Gasteiger partial charge in [0.2, 0.25) is 5.91 Å². The van der Waals surface area contributed by atoms with Gasteiger partial charge in [0.05, 0.1) is 25.2 Å². The second-order valence-corrected chi connectivity index (χ2v) is 8.72. The molecule has 0 spiro atoms. The monoisotopic (exact) mass is 523 g/mol.